The highest BCUT2D eigenvalue weighted by atomic mass is 32.2. The predicted molar refractivity (Wildman–Crippen MR) is 61.0 cm³/mol. The highest BCUT2D eigenvalue weighted by Crippen LogP contribution is 1.92. The lowest BCUT2D eigenvalue weighted by Gasteiger charge is -2.12. The van der Waals surface area contributed by atoms with Gasteiger partial charge in [0.1, 0.15) is 6.61 Å². The summed E-state index contributed by atoms with van der Waals surface area (Å²) in [4.78, 5) is 11.2. The van der Waals surface area contributed by atoms with Crippen molar-refractivity contribution < 1.29 is 13.7 Å². The first-order chi connectivity index (χ1) is 7.06. The number of carbonyl (C=O) groups excluding carboxylic acids is 1. The van der Waals surface area contributed by atoms with E-state index in [9.17, 15) is 9.00 Å². The molecule has 0 heterocycles. The van der Waals surface area contributed by atoms with Gasteiger partial charge in [0, 0.05) is 35.4 Å². The Labute approximate surface area is 93.2 Å². The van der Waals surface area contributed by atoms with Crippen LogP contribution in [0.5, 0.6) is 0 Å². The van der Waals surface area contributed by atoms with Crippen molar-refractivity contribution in [2.24, 2.45) is 5.73 Å². The fourth-order valence-corrected chi connectivity index (χ4v) is 1.67. The molecule has 0 bridgehead atoms. The van der Waals surface area contributed by atoms with Gasteiger partial charge in [-0.05, 0) is 13.3 Å². The van der Waals surface area contributed by atoms with Crippen LogP contribution in [0.2, 0.25) is 0 Å². The Morgan fingerprint density at radius 2 is 2.27 bits per heavy atom. The predicted octanol–water partition coefficient (Wildman–Crippen LogP) is -0.765. The standard InChI is InChI=1S/C9H20N2O3S/c1-8(3-6-15(2)13)11-9(12)7-14-5-4-10/h8H,3-7,10H2,1-2H3,(H,11,12). The molecule has 0 saturated heterocycles. The topological polar surface area (TPSA) is 81.4 Å². The summed E-state index contributed by atoms with van der Waals surface area (Å²) < 4.78 is 15.8. The second-order valence-corrected chi connectivity index (χ2v) is 4.93. The monoisotopic (exact) mass is 236 g/mol. The van der Waals surface area contributed by atoms with Gasteiger partial charge in [-0.3, -0.25) is 9.00 Å². The summed E-state index contributed by atoms with van der Waals surface area (Å²) >= 11 is 0. The Balaban J connectivity index is 3.53. The largest absolute Gasteiger partial charge is 0.370 e. The molecule has 90 valence electrons. The van der Waals surface area contributed by atoms with E-state index in [1.807, 2.05) is 6.92 Å². The Kier molecular flexibility index (Phi) is 8.55. The molecular formula is C9H20N2O3S. The van der Waals surface area contributed by atoms with Crippen LogP contribution in [-0.2, 0) is 20.3 Å². The first-order valence-corrected chi connectivity index (χ1v) is 6.66. The molecule has 0 spiro atoms. The van der Waals surface area contributed by atoms with Crippen LogP contribution in [0, 0.1) is 0 Å². The quantitative estimate of drug-likeness (QED) is 0.543. The molecule has 0 fully saturated rings. The van der Waals surface area contributed by atoms with Gasteiger partial charge in [-0.15, -0.1) is 0 Å². The average Bonchev–Trinajstić information content (AvgIpc) is 2.15. The van der Waals surface area contributed by atoms with Gasteiger partial charge < -0.3 is 15.8 Å². The molecule has 0 rings (SSSR count). The summed E-state index contributed by atoms with van der Waals surface area (Å²) in [5, 5.41) is 2.75. The third kappa shape index (κ3) is 9.84. The SMILES string of the molecule is CC(CCS(C)=O)NC(=O)COCCN. The molecule has 2 atom stereocenters. The first kappa shape index (κ1) is 14.5. The maximum Gasteiger partial charge on any atom is 0.246 e. The molecule has 0 aromatic carbocycles. The molecule has 6 heteroatoms. The van der Waals surface area contributed by atoms with Crippen LogP contribution in [0.15, 0.2) is 0 Å². The number of nitrogens with one attached hydrogen (secondary N) is 1. The van der Waals surface area contributed by atoms with Crippen LogP contribution < -0.4 is 11.1 Å². The first-order valence-electron chi connectivity index (χ1n) is 4.93. The van der Waals surface area contributed by atoms with Crippen molar-refractivity contribution in [3.8, 4) is 0 Å². The summed E-state index contributed by atoms with van der Waals surface area (Å²) in [7, 11) is -0.807. The summed E-state index contributed by atoms with van der Waals surface area (Å²) in [6, 6.07) is 0.0304. The van der Waals surface area contributed by atoms with Gasteiger partial charge in [0.2, 0.25) is 5.91 Å². The molecule has 0 radical (unpaired) electrons. The van der Waals surface area contributed by atoms with E-state index < -0.39 is 10.8 Å². The van der Waals surface area contributed by atoms with Crippen molar-refractivity contribution in [1.82, 2.24) is 5.32 Å². The molecule has 0 aromatic heterocycles. The van der Waals surface area contributed by atoms with E-state index in [0.717, 1.165) is 0 Å². The number of rotatable bonds is 8. The van der Waals surface area contributed by atoms with Crippen molar-refractivity contribution in [3.63, 3.8) is 0 Å². The van der Waals surface area contributed by atoms with E-state index in [1.54, 1.807) is 6.26 Å². The van der Waals surface area contributed by atoms with Gasteiger partial charge in [0.25, 0.3) is 0 Å². The van der Waals surface area contributed by atoms with Crippen molar-refractivity contribution >= 4 is 16.7 Å². The molecule has 1 amide bonds. The summed E-state index contributed by atoms with van der Waals surface area (Å²) in [6.45, 7) is 2.73. The van der Waals surface area contributed by atoms with Crippen LogP contribution in [0.1, 0.15) is 13.3 Å². The zero-order valence-corrected chi connectivity index (χ0v) is 10.1. The van der Waals surface area contributed by atoms with Gasteiger partial charge in [0.15, 0.2) is 0 Å². The number of nitrogens with two attached hydrogens (primary N) is 1. The second kappa shape index (κ2) is 8.82. The lowest BCUT2D eigenvalue weighted by Crippen LogP contribution is -2.36. The number of hydrogen-bond donors (Lipinski definition) is 2. The third-order valence-electron chi connectivity index (χ3n) is 1.74. The summed E-state index contributed by atoms with van der Waals surface area (Å²) in [6.07, 6.45) is 2.37. The molecule has 0 aliphatic carbocycles. The lowest BCUT2D eigenvalue weighted by atomic mass is 10.2. The molecule has 0 saturated carbocycles. The van der Waals surface area contributed by atoms with Crippen LogP contribution in [0.3, 0.4) is 0 Å². The number of carbonyl (C=O) groups is 1. The number of ether oxygens (including phenoxy) is 1. The smallest absolute Gasteiger partial charge is 0.246 e. The van der Waals surface area contributed by atoms with Gasteiger partial charge in [0.05, 0.1) is 6.61 Å². The third-order valence-corrected chi connectivity index (χ3v) is 2.55. The maximum atomic E-state index is 11.2. The Morgan fingerprint density at radius 1 is 1.60 bits per heavy atom. The zero-order chi connectivity index (χ0) is 11.7. The van der Waals surface area contributed by atoms with Crippen LogP contribution in [0.4, 0.5) is 0 Å². The molecular weight excluding hydrogens is 216 g/mol. The van der Waals surface area contributed by atoms with Gasteiger partial charge >= 0.3 is 0 Å². The number of amides is 1. The molecule has 2 unspecified atom stereocenters. The van der Waals surface area contributed by atoms with Crippen LogP contribution in [0.25, 0.3) is 0 Å². The van der Waals surface area contributed by atoms with E-state index in [0.29, 0.717) is 25.3 Å². The summed E-state index contributed by atoms with van der Waals surface area (Å²) in [5.41, 5.74) is 5.21. The van der Waals surface area contributed by atoms with Crippen LogP contribution >= 0.6 is 0 Å². The molecule has 5 nitrogen and oxygen atoms in total. The molecule has 15 heavy (non-hydrogen) atoms. The van der Waals surface area contributed by atoms with E-state index >= 15 is 0 Å². The normalized spacial score (nSPS) is 14.6. The van der Waals surface area contributed by atoms with E-state index in [1.165, 1.54) is 0 Å². The Hall–Kier alpha value is -0.460. The maximum absolute atomic E-state index is 11.2. The Morgan fingerprint density at radius 3 is 2.80 bits per heavy atom. The van der Waals surface area contributed by atoms with Crippen LogP contribution in [-0.4, -0.2) is 47.9 Å². The number of hydrogen-bond acceptors (Lipinski definition) is 4. The van der Waals surface area contributed by atoms with Gasteiger partial charge in [-0.1, -0.05) is 0 Å². The fourth-order valence-electron chi connectivity index (χ4n) is 0.980. The molecule has 3 N–H and O–H groups in total. The summed E-state index contributed by atoms with van der Waals surface area (Å²) in [5.74, 6) is 0.448. The Bertz CT molecular complexity index is 212. The van der Waals surface area contributed by atoms with Gasteiger partial charge in [-0.25, -0.2) is 0 Å². The molecule has 0 aliphatic heterocycles. The minimum atomic E-state index is -0.807. The lowest BCUT2D eigenvalue weighted by molar-refractivity contribution is -0.126. The zero-order valence-electron chi connectivity index (χ0n) is 9.32. The van der Waals surface area contributed by atoms with Crippen molar-refractivity contribution in [2.45, 2.75) is 19.4 Å². The van der Waals surface area contributed by atoms with E-state index in [4.69, 9.17) is 10.5 Å². The average molecular weight is 236 g/mol. The second-order valence-electron chi connectivity index (χ2n) is 3.38. The van der Waals surface area contributed by atoms with E-state index in [2.05, 4.69) is 5.32 Å². The van der Waals surface area contributed by atoms with Crippen molar-refractivity contribution in [2.75, 3.05) is 31.8 Å². The fraction of sp³-hybridized carbons (Fsp3) is 0.889. The van der Waals surface area contributed by atoms with Crippen molar-refractivity contribution in [3.05, 3.63) is 0 Å². The van der Waals surface area contributed by atoms with Gasteiger partial charge in [-0.2, -0.15) is 0 Å². The minimum absolute atomic E-state index is 0.0304. The molecule has 0 aromatic rings. The minimum Gasteiger partial charge on any atom is -0.370 e. The highest BCUT2D eigenvalue weighted by Gasteiger charge is 2.07. The highest BCUT2D eigenvalue weighted by molar-refractivity contribution is 7.84. The van der Waals surface area contributed by atoms with Crippen molar-refractivity contribution in [1.29, 1.82) is 0 Å². The van der Waals surface area contributed by atoms with E-state index in [-0.39, 0.29) is 18.6 Å². The molecule has 0 aliphatic rings.